The molecule has 6 nitrogen and oxygen atoms in total. The maximum atomic E-state index is 14.0. The number of hydrogen-bond acceptors (Lipinski definition) is 4. The lowest BCUT2D eigenvalue weighted by Crippen LogP contribution is -2.37. The van der Waals surface area contributed by atoms with Crippen molar-refractivity contribution >= 4 is 35.6 Å². The standard InChI is InChI=1S/C19H31FN4O2.HI/c1-21-19(22-8-4-9-25-13-16-7-10-26-14-16)23-12-15-5-6-18(24(2)3)17(20)11-15;/h5-6,11,16H,4,7-10,12-14H2,1-3H3,(H2,21,22,23);1H. The fourth-order valence-electron chi connectivity index (χ4n) is 2.78. The molecule has 154 valence electrons. The third-order valence-electron chi connectivity index (χ3n) is 4.31. The SMILES string of the molecule is CN=C(NCCCOCC1CCOC1)NCc1ccc(N(C)C)c(F)c1.I. The molecular formula is C19H32FIN4O2. The molecular weight excluding hydrogens is 462 g/mol. The zero-order valence-corrected chi connectivity index (χ0v) is 18.8. The van der Waals surface area contributed by atoms with Crippen LogP contribution in [0.3, 0.4) is 0 Å². The number of halogens is 2. The molecule has 27 heavy (non-hydrogen) atoms. The highest BCUT2D eigenvalue weighted by molar-refractivity contribution is 14.0. The van der Waals surface area contributed by atoms with Crippen LogP contribution in [0, 0.1) is 11.7 Å². The molecule has 1 heterocycles. The number of rotatable bonds is 9. The molecule has 0 amide bonds. The molecule has 2 rings (SSSR count). The van der Waals surface area contributed by atoms with Gasteiger partial charge in [0.25, 0.3) is 0 Å². The fourth-order valence-corrected chi connectivity index (χ4v) is 2.78. The summed E-state index contributed by atoms with van der Waals surface area (Å²) in [6.07, 6.45) is 2.01. The van der Waals surface area contributed by atoms with Crippen molar-refractivity contribution in [2.75, 3.05) is 59.0 Å². The molecule has 0 radical (unpaired) electrons. The van der Waals surface area contributed by atoms with Gasteiger partial charge in [-0.1, -0.05) is 6.07 Å². The summed E-state index contributed by atoms with van der Waals surface area (Å²) in [5.41, 5.74) is 1.46. The molecule has 0 aromatic heterocycles. The molecule has 1 atom stereocenters. The Morgan fingerprint density at radius 3 is 2.81 bits per heavy atom. The van der Waals surface area contributed by atoms with Crippen molar-refractivity contribution in [3.05, 3.63) is 29.6 Å². The molecule has 1 unspecified atom stereocenters. The van der Waals surface area contributed by atoms with Crippen molar-refractivity contribution in [1.82, 2.24) is 10.6 Å². The first-order chi connectivity index (χ1) is 12.6. The van der Waals surface area contributed by atoms with Crippen molar-refractivity contribution in [3.63, 3.8) is 0 Å². The summed E-state index contributed by atoms with van der Waals surface area (Å²) >= 11 is 0. The summed E-state index contributed by atoms with van der Waals surface area (Å²) in [6.45, 7) is 4.47. The minimum Gasteiger partial charge on any atom is -0.381 e. The molecule has 0 aliphatic carbocycles. The van der Waals surface area contributed by atoms with Gasteiger partial charge in [-0.05, 0) is 30.5 Å². The van der Waals surface area contributed by atoms with Gasteiger partial charge in [-0.15, -0.1) is 24.0 Å². The van der Waals surface area contributed by atoms with Crippen LogP contribution < -0.4 is 15.5 Å². The van der Waals surface area contributed by atoms with Crippen molar-refractivity contribution in [2.45, 2.75) is 19.4 Å². The summed E-state index contributed by atoms with van der Waals surface area (Å²) in [4.78, 5) is 5.95. The first-order valence-corrected chi connectivity index (χ1v) is 9.16. The first-order valence-electron chi connectivity index (χ1n) is 9.16. The van der Waals surface area contributed by atoms with Gasteiger partial charge in [0.05, 0.1) is 18.9 Å². The Labute approximate surface area is 178 Å². The molecule has 1 aliphatic rings. The number of anilines is 1. The van der Waals surface area contributed by atoms with Gasteiger partial charge < -0.3 is 25.0 Å². The number of nitrogens with zero attached hydrogens (tertiary/aromatic N) is 2. The predicted molar refractivity (Wildman–Crippen MR) is 119 cm³/mol. The van der Waals surface area contributed by atoms with Crippen LogP contribution in [0.5, 0.6) is 0 Å². The Morgan fingerprint density at radius 2 is 2.19 bits per heavy atom. The van der Waals surface area contributed by atoms with Gasteiger partial charge >= 0.3 is 0 Å². The van der Waals surface area contributed by atoms with E-state index in [1.54, 1.807) is 24.1 Å². The highest BCUT2D eigenvalue weighted by Crippen LogP contribution is 2.18. The lowest BCUT2D eigenvalue weighted by molar-refractivity contribution is 0.0888. The van der Waals surface area contributed by atoms with E-state index in [9.17, 15) is 4.39 Å². The molecule has 1 fully saturated rings. The molecule has 1 aliphatic heterocycles. The smallest absolute Gasteiger partial charge is 0.191 e. The maximum Gasteiger partial charge on any atom is 0.191 e. The highest BCUT2D eigenvalue weighted by Gasteiger charge is 2.15. The second-order valence-corrected chi connectivity index (χ2v) is 6.69. The third kappa shape index (κ3) is 8.61. The third-order valence-corrected chi connectivity index (χ3v) is 4.31. The Kier molecular flexibility index (Phi) is 11.6. The topological polar surface area (TPSA) is 58.1 Å². The zero-order valence-electron chi connectivity index (χ0n) is 16.5. The van der Waals surface area contributed by atoms with Gasteiger partial charge in [0.15, 0.2) is 5.96 Å². The summed E-state index contributed by atoms with van der Waals surface area (Å²) in [5.74, 6) is 1.03. The highest BCUT2D eigenvalue weighted by atomic mass is 127. The second-order valence-electron chi connectivity index (χ2n) is 6.69. The van der Waals surface area contributed by atoms with E-state index in [4.69, 9.17) is 9.47 Å². The summed E-state index contributed by atoms with van der Waals surface area (Å²) in [7, 11) is 5.38. The van der Waals surface area contributed by atoms with E-state index < -0.39 is 0 Å². The van der Waals surface area contributed by atoms with Crippen LogP contribution in [0.2, 0.25) is 0 Å². The van der Waals surface area contributed by atoms with E-state index >= 15 is 0 Å². The van der Waals surface area contributed by atoms with Crippen molar-refractivity contribution in [2.24, 2.45) is 10.9 Å². The summed E-state index contributed by atoms with van der Waals surface area (Å²) < 4.78 is 25.0. The number of hydrogen-bond donors (Lipinski definition) is 2. The van der Waals surface area contributed by atoms with Crippen LogP contribution in [0.1, 0.15) is 18.4 Å². The van der Waals surface area contributed by atoms with Gasteiger partial charge in [0.1, 0.15) is 5.82 Å². The van der Waals surface area contributed by atoms with E-state index in [2.05, 4.69) is 15.6 Å². The summed E-state index contributed by atoms with van der Waals surface area (Å²) in [6, 6.07) is 5.25. The summed E-state index contributed by atoms with van der Waals surface area (Å²) in [5, 5.41) is 6.44. The van der Waals surface area contributed by atoms with E-state index in [-0.39, 0.29) is 29.8 Å². The average molecular weight is 494 g/mol. The van der Waals surface area contributed by atoms with E-state index in [1.807, 2.05) is 20.2 Å². The number of guanidine groups is 1. The molecule has 1 aromatic rings. The Bertz CT molecular complexity index is 581. The molecule has 0 saturated carbocycles. The molecule has 1 aromatic carbocycles. The van der Waals surface area contributed by atoms with Crippen LogP contribution in [0.4, 0.5) is 10.1 Å². The first kappa shape index (κ1) is 23.9. The normalized spacial score (nSPS) is 16.7. The number of nitrogens with one attached hydrogen (secondary N) is 2. The van der Waals surface area contributed by atoms with Gasteiger partial charge in [0, 0.05) is 53.4 Å². The minimum absolute atomic E-state index is 0. The Morgan fingerprint density at radius 1 is 1.37 bits per heavy atom. The predicted octanol–water partition coefficient (Wildman–Crippen LogP) is 2.62. The molecule has 1 saturated heterocycles. The molecule has 8 heteroatoms. The zero-order chi connectivity index (χ0) is 18.8. The largest absolute Gasteiger partial charge is 0.381 e. The van der Waals surface area contributed by atoms with Crippen LogP contribution >= 0.6 is 24.0 Å². The quantitative estimate of drug-likeness (QED) is 0.239. The van der Waals surface area contributed by atoms with Gasteiger partial charge in [-0.2, -0.15) is 0 Å². The van der Waals surface area contributed by atoms with Crippen LogP contribution in [-0.4, -0.2) is 60.1 Å². The van der Waals surface area contributed by atoms with Gasteiger partial charge in [-0.25, -0.2) is 4.39 Å². The average Bonchev–Trinajstić information content (AvgIpc) is 3.13. The van der Waals surface area contributed by atoms with E-state index in [0.717, 1.165) is 51.4 Å². The lowest BCUT2D eigenvalue weighted by Gasteiger charge is -2.15. The van der Waals surface area contributed by atoms with Crippen molar-refractivity contribution in [1.29, 1.82) is 0 Å². The lowest BCUT2D eigenvalue weighted by atomic mass is 10.1. The van der Waals surface area contributed by atoms with Crippen molar-refractivity contribution in [3.8, 4) is 0 Å². The minimum atomic E-state index is -0.220. The maximum absolute atomic E-state index is 14.0. The number of aliphatic imine (C=N–C) groups is 1. The number of ether oxygens (including phenoxy) is 2. The Hall–Kier alpha value is -1.13. The van der Waals surface area contributed by atoms with Crippen molar-refractivity contribution < 1.29 is 13.9 Å². The Balaban J connectivity index is 0.00000364. The molecule has 2 N–H and O–H groups in total. The van der Waals surface area contributed by atoms with Gasteiger partial charge in [-0.3, -0.25) is 4.99 Å². The molecule has 0 bridgehead atoms. The van der Waals surface area contributed by atoms with Crippen LogP contribution in [0.15, 0.2) is 23.2 Å². The van der Waals surface area contributed by atoms with Crippen LogP contribution in [-0.2, 0) is 16.0 Å². The van der Waals surface area contributed by atoms with Gasteiger partial charge in [0.2, 0.25) is 0 Å². The monoisotopic (exact) mass is 494 g/mol. The second kappa shape index (κ2) is 13.1. The van der Waals surface area contributed by atoms with E-state index in [0.29, 0.717) is 24.1 Å². The molecule has 0 spiro atoms. The van der Waals surface area contributed by atoms with E-state index in [1.165, 1.54) is 0 Å². The van der Waals surface area contributed by atoms with Crippen LogP contribution in [0.25, 0.3) is 0 Å². The fraction of sp³-hybridized carbons (Fsp3) is 0.632. The number of benzene rings is 1.